The van der Waals surface area contributed by atoms with Crippen LogP contribution in [0.25, 0.3) is 11.1 Å². The van der Waals surface area contributed by atoms with Crippen LogP contribution in [0.15, 0.2) is 65.0 Å². The summed E-state index contributed by atoms with van der Waals surface area (Å²) in [6.45, 7) is 2.10. The van der Waals surface area contributed by atoms with Gasteiger partial charge in [0.1, 0.15) is 18.1 Å². The minimum Gasteiger partial charge on any atom is -0.496 e. The molecule has 2 aromatic carbocycles. The molecule has 166 valence electrons. The average Bonchev–Trinajstić information content (AvgIpc) is 3.15. The average molecular weight is 435 g/mol. The lowest BCUT2D eigenvalue weighted by molar-refractivity contribution is 0.0456. The fourth-order valence-corrected chi connectivity index (χ4v) is 3.55. The number of rotatable bonds is 7. The summed E-state index contributed by atoms with van der Waals surface area (Å²) < 4.78 is 17.0. The lowest BCUT2D eigenvalue weighted by Gasteiger charge is -2.23. The molecular formula is C23H25N5O4. The van der Waals surface area contributed by atoms with Crippen molar-refractivity contribution < 1.29 is 19.3 Å². The smallest absolute Gasteiger partial charge is 0.245 e. The second-order valence-electron chi connectivity index (χ2n) is 7.17. The van der Waals surface area contributed by atoms with Crippen LogP contribution < -0.4 is 19.2 Å². The molecular weight excluding hydrogens is 410 g/mol. The Hall–Kier alpha value is -3.85. The Morgan fingerprint density at radius 1 is 0.906 bits per heavy atom. The SMILES string of the molecule is COc1ccccc1-c1ccc(OCc2c(OC)cccc2N2N=NN(C)C2O)nc1C. The number of pyridine rings is 1. The molecule has 1 atom stereocenters. The molecule has 1 aliphatic rings. The molecule has 2 heterocycles. The first kappa shape index (κ1) is 21.4. The van der Waals surface area contributed by atoms with E-state index >= 15 is 0 Å². The van der Waals surface area contributed by atoms with E-state index in [0.717, 1.165) is 28.1 Å². The summed E-state index contributed by atoms with van der Waals surface area (Å²) in [5, 5.41) is 21.0. The summed E-state index contributed by atoms with van der Waals surface area (Å²) >= 11 is 0. The van der Waals surface area contributed by atoms with Crippen molar-refractivity contribution in [2.45, 2.75) is 19.9 Å². The minimum absolute atomic E-state index is 0.169. The molecule has 0 spiro atoms. The number of nitrogens with zero attached hydrogens (tertiary/aromatic N) is 5. The standard InChI is InChI=1S/C23H25N5O4/c1-15-16(17-8-5-6-10-20(17)30-3)12-13-22(24-15)32-14-18-19(9-7-11-21(18)31-4)28-23(29)27(2)25-26-28/h5-13,23,29H,14H2,1-4H3. The summed E-state index contributed by atoms with van der Waals surface area (Å²) in [4.78, 5) is 4.62. The first-order valence-electron chi connectivity index (χ1n) is 10.0. The van der Waals surface area contributed by atoms with Gasteiger partial charge in [0.05, 0.1) is 25.5 Å². The predicted octanol–water partition coefficient (Wildman–Crippen LogP) is 3.96. The first-order chi connectivity index (χ1) is 15.5. The van der Waals surface area contributed by atoms with E-state index < -0.39 is 6.35 Å². The van der Waals surface area contributed by atoms with E-state index in [9.17, 15) is 5.11 Å². The molecule has 0 amide bonds. The maximum absolute atomic E-state index is 10.4. The van der Waals surface area contributed by atoms with Crippen LogP contribution in [0.1, 0.15) is 11.3 Å². The summed E-state index contributed by atoms with van der Waals surface area (Å²) in [6, 6.07) is 17.1. The van der Waals surface area contributed by atoms with Crippen molar-refractivity contribution in [3.05, 3.63) is 65.9 Å². The molecule has 0 radical (unpaired) electrons. The van der Waals surface area contributed by atoms with Crippen molar-refractivity contribution >= 4 is 5.69 Å². The van der Waals surface area contributed by atoms with Gasteiger partial charge in [0, 0.05) is 29.9 Å². The number of methoxy groups -OCH3 is 2. The quantitative estimate of drug-likeness (QED) is 0.600. The largest absolute Gasteiger partial charge is 0.496 e. The summed E-state index contributed by atoms with van der Waals surface area (Å²) in [7, 11) is 4.88. The monoisotopic (exact) mass is 435 g/mol. The second kappa shape index (κ2) is 9.11. The zero-order chi connectivity index (χ0) is 22.7. The highest BCUT2D eigenvalue weighted by Crippen LogP contribution is 2.35. The Labute approximate surface area is 186 Å². The molecule has 0 saturated heterocycles. The van der Waals surface area contributed by atoms with E-state index in [2.05, 4.69) is 15.4 Å². The molecule has 0 saturated carbocycles. The number of hydrogen-bond donors (Lipinski definition) is 1. The van der Waals surface area contributed by atoms with Crippen molar-refractivity contribution in [2.75, 3.05) is 26.3 Å². The fraction of sp³-hybridized carbons (Fsp3) is 0.261. The Morgan fingerprint density at radius 3 is 2.34 bits per heavy atom. The topological polar surface area (TPSA) is 92.0 Å². The fourth-order valence-electron chi connectivity index (χ4n) is 3.55. The molecule has 1 aliphatic heterocycles. The molecule has 1 N–H and O–H groups in total. The highest BCUT2D eigenvalue weighted by Gasteiger charge is 2.29. The van der Waals surface area contributed by atoms with Crippen molar-refractivity contribution in [2.24, 2.45) is 10.4 Å². The van der Waals surface area contributed by atoms with E-state index in [1.807, 2.05) is 61.5 Å². The number of aromatic nitrogens is 1. The van der Waals surface area contributed by atoms with Crippen molar-refractivity contribution in [3.63, 3.8) is 0 Å². The van der Waals surface area contributed by atoms with E-state index in [0.29, 0.717) is 17.3 Å². The van der Waals surface area contributed by atoms with E-state index in [-0.39, 0.29) is 6.61 Å². The number of anilines is 1. The number of aliphatic hydroxyl groups is 1. The van der Waals surface area contributed by atoms with Gasteiger partial charge in [0.15, 0.2) is 0 Å². The van der Waals surface area contributed by atoms with Crippen LogP contribution in [0.5, 0.6) is 17.4 Å². The van der Waals surface area contributed by atoms with Gasteiger partial charge in [0.25, 0.3) is 0 Å². The summed E-state index contributed by atoms with van der Waals surface area (Å²) in [5.41, 5.74) is 4.11. The third-order valence-corrected chi connectivity index (χ3v) is 5.23. The highest BCUT2D eigenvalue weighted by atomic mass is 16.5. The van der Waals surface area contributed by atoms with Crippen molar-refractivity contribution in [3.8, 4) is 28.5 Å². The van der Waals surface area contributed by atoms with Crippen LogP contribution in [0.3, 0.4) is 0 Å². The lowest BCUT2D eigenvalue weighted by Crippen LogP contribution is -2.36. The molecule has 4 rings (SSSR count). The van der Waals surface area contributed by atoms with Gasteiger partial charge in [-0.1, -0.05) is 24.3 Å². The van der Waals surface area contributed by atoms with Gasteiger partial charge in [-0.15, -0.1) is 0 Å². The Bertz CT molecular complexity index is 1140. The van der Waals surface area contributed by atoms with Gasteiger partial charge in [-0.25, -0.2) is 9.99 Å². The van der Waals surface area contributed by atoms with Gasteiger partial charge in [-0.3, -0.25) is 0 Å². The summed E-state index contributed by atoms with van der Waals surface area (Å²) in [6.07, 6.45) is -1.01. The second-order valence-corrected chi connectivity index (χ2v) is 7.17. The Morgan fingerprint density at radius 2 is 1.66 bits per heavy atom. The molecule has 0 bridgehead atoms. The highest BCUT2D eigenvalue weighted by molar-refractivity contribution is 5.72. The van der Waals surface area contributed by atoms with Crippen LogP contribution in [0.2, 0.25) is 0 Å². The Kier molecular flexibility index (Phi) is 6.09. The van der Waals surface area contributed by atoms with Gasteiger partial charge in [0.2, 0.25) is 12.2 Å². The van der Waals surface area contributed by atoms with Crippen LogP contribution >= 0.6 is 0 Å². The molecule has 3 aromatic rings. The van der Waals surface area contributed by atoms with Crippen molar-refractivity contribution in [1.82, 2.24) is 9.99 Å². The third kappa shape index (κ3) is 4.02. The van der Waals surface area contributed by atoms with Crippen LogP contribution in [-0.4, -0.2) is 42.7 Å². The maximum atomic E-state index is 10.4. The number of aliphatic hydroxyl groups excluding tert-OH is 1. The summed E-state index contributed by atoms with van der Waals surface area (Å²) in [5.74, 6) is 1.87. The van der Waals surface area contributed by atoms with E-state index in [1.54, 1.807) is 21.3 Å². The van der Waals surface area contributed by atoms with Gasteiger partial charge >= 0.3 is 0 Å². The molecule has 32 heavy (non-hydrogen) atoms. The van der Waals surface area contributed by atoms with Gasteiger partial charge < -0.3 is 19.3 Å². The van der Waals surface area contributed by atoms with E-state index in [1.165, 1.54) is 10.0 Å². The van der Waals surface area contributed by atoms with Crippen molar-refractivity contribution in [1.29, 1.82) is 0 Å². The molecule has 0 fully saturated rings. The minimum atomic E-state index is -1.01. The molecule has 1 unspecified atom stereocenters. The zero-order valence-corrected chi connectivity index (χ0v) is 18.4. The first-order valence-corrected chi connectivity index (χ1v) is 10.0. The van der Waals surface area contributed by atoms with Crippen LogP contribution in [0, 0.1) is 6.92 Å². The number of para-hydroxylation sites is 1. The number of aryl methyl sites for hydroxylation is 1. The third-order valence-electron chi connectivity index (χ3n) is 5.23. The molecule has 0 aliphatic carbocycles. The lowest BCUT2D eigenvalue weighted by atomic mass is 10.0. The molecule has 1 aromatic heterocycles. The Balaban J connectivity index is 1.59. The maximum Gasteiger partial charge on any atom is 0.245 e. The van der Waals surface area contributed by atoms with Crippen LogP contribution in [0.4, 0.5) is 5.69 Å². The molecule has 9 nitrogen and oxygen atoms in total. The normalized spacial score (nSPS) is 15.2. The number of benzene rings is 2. The van der Waals surface area contributed by atoms with Gasteiger partial charge in [-0.05, 0) is 41.6 Å². The number of hydrogen-bond acceptors (Lipinski definition) is 9. The molecule has 9 heteroatoms. The van der Waals surface area contributed by atoms with E-state index in [4.69, 9.17) is 14.2 Å². The number of ether oxygens (including phenoxy) is 3. The zero-order valence-electron chi connectivity index (χ0n) is 18.4. The van der Waals surface area contributed by atoms with Crippen LogP contribution in [-0.2, 0) is 6.61 Å². The van der Waals surface area contributed by atoms with Gasteiger partial charge in [-0.2, -0.15) is 5.01 Å². The predicted molar refractivity (Wildman–Crippen MR) is 119 cm³/mol.